The van der Waals surface area contributed by atoms with Gasteiger partial charge in [0.25, 0.3) is 5.91 Å². The number of nitrogen functional groups attached to an aromatic ring is 1. The molecule has 3 heterocycles. The van der Waals surface area contributed by atoms with Gasteiger partial charge in [-0.3, -0.25) is 9.48 Å². The van der Waals surface area contributed by atoms with Crippen molar-refractivity contribution in [1.82, 2.24) is 20.1 Å². The fraction of sp³-hybridized carbons (Fsp3) is 0.318. The predicted octanol–water partition coefficient (Wildman–Crippen LogP) is 4.82. The molecule has 0 aliphatic carbocycles. The average molecular weight is 478 g/mol. The number of hydrogen-bond donors (Lipinski definition) is 2. The van der Waals surface area contributed by atoms with E-state index < -0.39 is 17.8 Å². The summed E-state index contributed by atoms with van der Waals surface area (Å²) in [4.78, 5) is 17.1. The van der Waals surface area contributed by atoms with Crippen molar-refractivity contribution in [3.05, 3.63) is 63.8 Å². The van der Waals surface area contributed by atoms with Crippen LogP contribution < -0.4 is 11.1 Å². The molecule has 3 N–H and O–H groups in total. The number of nitrogens with one attached hydrogen (secondary N) is 1. The third-order valence-corrected chi connectivity index (χ3v) is 6.24. The summed E-state index contributed by atoms with van der Waals surface area (Å²) >= 11 is 12.2. The van der Waals surface area contributed by atoms with Crippen LogP contribution in [0.2, 0.25) is 10.0 Å². The van der Waals surface area contributed by atoms with Gasteiger partial charge in [-0.15, -0.1) is 0 Å². The highest BCUT2D eigenvalue weighted by Crippen LogP contribution is 2.33. The second kappa shape index (κ2) is 9.44. The molecule has 168 valence electrons. The van der Waals surface area contributed by atoms with E-state index >= 15 is 0 Å². The molecule has 0 unspecified atom stereocenters. The quantitative estimate of drug-likeness (QED) is 0.513. The lowest BCUT2D eigenvalue weighted by Gasteiger charge is -2.22. The van der Waals surface area contributed by atoms with Crippen LogP contribution in [0.15, 0.2) is 36.8 Å². The molecular formula is C22H22Cl2FN5O2. The second-order valence-electron chi connectivity index (χ2n) is 7.66. The number of carbonyl (C=O) groups excluding carboxylic acids is 1. The summed E-state index contributed by atoms with van der Waals surface area (Å²) in [5, 5.41) is 7.35. The lowest BCUT2D eigenvalue weighted by molar-refractivity contribution is 0.0662. The van der Waals surface area contributed by atoms with Gasteiger partial charge < -0.3 is 15.8 Å². The van der Waals surface area contributed by atoms with Gasteiger partial charge in [0, 0.05) is 47.3 Å². The van der Waals surface area contributed by atoms with Gasteiger partial charge in [0.15, 0.2) is 0 Å². The fourth-order valence-electron chi connectivity index (χ4n) is 3.74. The minimum absolute atomic E-state index is 0.0757. The van der Waals surface area contributed by atoms with Crippen LogP contribution in [-0.2, 0) is 4.74 Å². The first-order chi connectivity index (χ1) is 15.3. The van der Waals surface area contributed by atoms with Crippen molar-refractivity contribution < 1.29 is 13.9 Å². The fourth-order valence-corrected chi connectivity index (χ4v) is 4.44. The summed E-state index contributed by atoms with van der Waals surface area (Å²) in [6, 6.07) is 3.85. The average Bonchev–Trinajstić information content (AvgIpc) is 3.28. The Hall–Kier alpha value is -2.68. The van der Waals surface area contributed by atoms with Crippen molar-refractivity contribution in [2.45, 2.75) is 31.8 Å². The van der Waals surface area contributed by atoms with E-state index in [1.807, 2.05) is 10.9 Å². The lowest BCUT2D eigenvalue weighted by atomic mass is 10.1. The molecule has 3 aromatic rings. The van der Waals surface area contributed by atoms with Gasteiger partial charge in [0.05, 0.1) is 28.9 Å². The van der Waals surface area contributed by atoms with Gasteiger partial charge >= 0.3 is 0 Å². The molecule has 0 spiro atoms. The number of ether oxygens (including phenoxy) is 1. The number of carbonyl (C=O) groups is 1. The van der Waals surface area contributed by atoms with E-state index in [9.17, 15) is 9.18 Å². The Morgan fingerprint density at radius 1 is 1.28 bits per heavy atom. The Kier molecular flexibility index (Phi) is 6.64. The van der Waals surface area contributed by atoms with Gasteiger partial charge in [-0.05, 0) is 38.0 Å². The van der Waals surface area contributed by atoms with Crippen molar-refractivity contribution in [3.63, 3.8) is 0 Å². The summed E-state index contributed by atoms with van der Waals surface area (Å²) in [6.07, 6.45) is 7.07. The Labute approximate surface area is 194 Å². The first kappa shape index (κ1) is 22.5. The number of aromatic nitrogens is 3. The van der Waals surface area contributed by atoms with E-state index in [4.69, 9.17) is 33.7 Å². The van der Waals surface area contributed by atoms with Crippen LogP contribution in [0.4, 0.5) is 10.2 Å². The smallest absolute Gasteiger partial charge is 0.255 e. The van der Waals surface area contributed by atoms with E-state index in [0.717, 1.165) is 18.4 Å². The van der Waals surface area contributed by atoms with Crippen molar-refractivity contribution in [2.24, 2.45) is 0 Å². The minimum Gasteiger partial charge on any atom is -0.383 e. The Morgan fingerprint density at radius 3 is 2.78 bits per heavy atom. The maximum atomic E-state index is 13.9. The maximum absolute atomic E-state index is 13.9. The first-order valence-electron chi connectivity index (χ1n) is 10.2. The number of hydrogen-bond acceptors (Lipinski definition) is 5. The molecule has 0 radical (unpaired) electrons. The number of nitrogens with zero attached hydrogens (tertiary/aromatic N) is 3. The van der Waals surface area contributed by atoms with Gasteiger partial charge in [-0.2, -0.15) is 5.10 Å². The number of rotatable bonds is 5. The molecule has 10 heteroatoms. The molecule has 0 saturated carbocycles. The highest BCUT2D eigenvalue weighted by Gasteiger charge is 2.22. The number of pyridine rings is 1. The van der Waals surface area contributed by atoms with Gasteiger partial charge in [-0.25, -0.2) is 9.37 Å². The third-order valence-electron chi connectivity index (χ3n) is 5.52. The number of benzene rings is 1. The SMILES string of the molecule is C[C@@H](NC(=O)c1cc(-c2cnn(C3CCOCC3)c2)cnc1N)c1c(Cl)ccc(F)c1Cl. The molecule has 1 saturated heterocycles. The van der Waals surface area contributed by atoms with Crippen molar-refractivity contribution in [2.75, 3.05) is 18.9 Å². The molecule has 1 aliphatic heterocycles. The van der Waals surface area contributed by atoms with E-state index in [1.54, 1.807) is 25.4 Å². The molecule has 0 bridgehead atoms. The van der Waals surface area contributed by atoms with Crippen molar-refractivity contribution >= 4 is 34.9 Å². The monoisotopic (exact) mass is 477 g/mol. The second-order valence-corrected chi connectivity index (χ2v) is 8.45. The molecule has 1 aliphatic rings. The molecular weight excluding hydrogens is 456 g/mol. The molecule has 1 aromatic carbocycles. The van der Waals surface area contributed by atoms with E-state index in [1.165, 1.54) is 12.1 Å². The highest BCUT2D eigenvalue weighted by molar-refractivity contribution is 6.36. The standard InChI is InChI=1S/C22H22Cl2FN5O2/c1-12(19-17(23)2-3-18(25)20(19)24)29-22(31)16-8-13(9-27-21(16)26)14-10-28-30(11-14)15-4-6-32-7-5-15/h2-3,8-12,15H,4-7H2,1H3,(H2,26,27)(H,29,31)/t12-/m1/s1. The Morgan fingerprint density at radius 2 is 2.03 bits per heavy atom. The zero-order valence-corrected chi connectivity index (χ0v) is 18.8. The van der Waals surface area contributed by atoms with Gasteiger partial charge in [-0.1, -0.05) is 23.2 Å². The van der Waals surface area contributed by atoms with Crippen LogP contribution in [-0.4, -0.2) is 33.9 Å². The van der Waals surface area contributed by atoms with Crippen LogP contribution >= 0.6 is 23.2 Å². The van der Waals surface area contributed by atoms with Crippen molar-refractivity contribution in [3.8, 4) is 11.1 Å². The lowest BCUT2D eigenvalue weighted by Crippen LogP contribution is -2.28. The van der Waals surface area contributed by atoms with Crippen LogP contribution in [0, 0.1) is 5.82 Å². The summed E-state index contributed by atoms with van der Waals surface area (Å²) in [7, 11) is 0. The first-order valence-corrected chi connectivity index (χ1v) is 10.9. The molecule has 4 rings (SSSR count). The van der Waals surface area contributed by atoms with Gasteiger partial charge in [0.2, 0.25) is 0 Å². The normalized spacial score (nSPS) is 15.5. The third kappa shape index (κ3) is 4.57. The molecule has 1 atom stereocenters. The number of anilines is 1. The molecule has 2 aromatic heterocycles. The maximum Gasteiger partial charge on any atom is 0.255 e. The van der Waals surface area contributed by atoms with E-state index in [0.29, 0.717) is 24.3 Å². The summed E-state index contributed by atoms with van der Waals surface area (Å²) in [6.45, 7) is 3.09. The van der Waals surface area contributed by atoms with E-state index in [-0.39, 0.29) is 27.5 Å². The van der Waals surface area contributed by atoms with Crippen LogP contribution in [0.5, 0.6) is 0 Å². The van der Waals surface area contributed by atoms with Crippen molar-refractivity contribution in [1.29, 1.82) is 0 Å². The van der Waals surface area contributed by atoms with E-state index in [2.05, 4.69) is 15.4 Å². The Bertz CT molecular complexity index is 1150. The largest absolute Gasteiger partial charge is 0.383 e. The zero-order valence-electron chi connectivity index (χ0n) is 17.3. The zero-order chi connectivity index (χ0) is 22.8. The van der Waals surface area contributed by atoms with Crippen LogP contribution in [0.1, 0.15) is 47.8 Å². The number of nitrogens with two attached hydrogens (primary N) is 1. The molecule has 32 heavy (non-hydrogen) atoms. The minimum atomic E-state index is -0.655. The summed E-state index contributed by atoms with van der Waals surface area (Å²) < 4.78 is 21.2. The van der Waals surface area contributed by atoms with Crippen LogP contribution in [0.3, 0.4) is 0 Å². The van der Waals surface area contributed by atoms with Gasteiger partial charge in [0.1, 0.15) is 11.6 Å². The summed E-state index contributed by atoms with van der Waals surface area (Å²) in [5.41, 5.74) is 7.98. The molecule has 1 amide bonds. The number of halogens is 3. The predicted molar refractivity (Wildman–Crippen MR) is 121 cm³/mol. The van der Waals surface area contributed by atoms with Crippen LogP contribution in [0.25, 0.3) is 11.1 Å². The number of amides is 1. The summed E-state index contributed by atoms with van der Waals surface area (Å²) in [5.74, 6) is -1.01. The molecule has 1 fully saturated rings. The highest BCUT2D eigenvalue weighted by atomic mass is 35.5. The topological polar surface area (TPSA) is 95.1 Å². The molecule has 7 nitrogen and oxygen atoms in total. The Balaban J connectivity index is 1.56.